The van der Waals surface area contributed by atoms with E-state index in [1.165, 1.54) is 18.2 Å². The normalized spacial score (nSPS) is 22.0. The number of hydrogen-bond donors (Lipinski definition) is 2. The van der Waals surface area contributed by atoms with E-state index in [0.717, 1.165) is 5.56 Å². The average molecular weight is 384 g/mol. The summed E-state index contributed by atoms with van der Waals surface area (Å²) in [4.78, 5) is 31.0. The number of ether oxygens (including phenoxy) is 1. The molecule has 7 nitrogen and oxygen atoms in total. The van der Waals surface area contributed by atoms with Gasteiger partial charge in [-0.3, -0.25) is 14.6 Å². The first-order chi connectivity index (χ1) is 13.4. The molecule has 1 aliphatic heterocycles. The first kappa shape index (κ1) is 19.8. The topological polar surface area (TPSA) is 100.0 Å². The number of carbonyl (C=O) groups is 2. The Bertz CT molecular complexity index is 870. The van der Waals surface area contributed by atoms with Crippen LogP contribution >= 0.6 is 0 Å². The summed E-state index contributed by atoms with van der Waals surface area (Å²) < 4.78 is 5.25. The van der Waals surface area contributed by atoms with Gasteiger partial charge in [0.05, 0.1) is 25.0 Å². The summed E-state index contributed by atoms with van der Waals surface area (Å²) in [7, 11) is 1.46. The number of aromatic nitrogens is 1. The van der Waals surface area contributed by atoms with Crippen LogP contribution in [0.2, 0.25) is 0 Å². The number of carbonyl (C=O) groups excluding carboxylic acids is 1. The van der Waals surface area contributed by atoms with Crippen molar-refractivity contribution in [1.82, 2.24) is 9.88 Å². The van der Waals surface area contributed by atoms with Crippen LogP contribution in [0.4, 0.5) is 0 Å². The van der Waals surface area contributed by atoms with Gasteiger partial charge in [0.2, 0.25) is 0 Å². The molecule has 28 heavy (non-hydrogen) atoms. The summed E-state index contributed by atoms with van der Waals surface area (Å²) >= 11 is 0. The van der Waals surface area contributed by atoms with Gasteiger partial charge in [-0.25, -0.2) is 0 Å². The molecule has 148 valence electrons. The third-order valence-electron chi connectivity index (χ3n) is 5.31. The van der Waals surface area contributed by atoms with Crippen LogP contribution in [0.15, 0.2) is 42.6 Å². The van der Waals surface area contributed by atoms with Crippen LogP contribution in [0.5, 0.6) is 5.75 Å². The fraction of sp³-hybridized carbons (Fsp3) is 0.381. The highest BCUT2D eigenvalue weighted by atomic mass is 16.5. The average Bonchev–Trinajstić information content (AvgIpc) is 2.69. The van der Waals surface area contributed by atoms with Crippen LogP contribution in [0.25, 0.3) is 0 Å². The lowest BCUT2D eigenvalue weighted by atomic mass is 9.72. The second kappa shape index (κ2) is 7.98. The molecular weight excluding hydrogens is 360 g/mol. The van der Waals surface area contributed by atoms with E-state index in [0.29, 0.717) is 17.0 Å². The third-order valence-corrected chi connectivity index (χ3v) is 5.31. The Labute approximate surface area is 163 Å². The van der Waals surface area contributed by atoms with Crippen LogP contribution in [0.1, 0.15) is 28.0 Å². The van der Waals surface area contributed by atoms with E-state index in [1.54, 1.807) is 13.0 Å². The fourth-order valence-electron chi connectivity index (χ4n) is 3.72. The highest BCUT2D eigenvalue weighted by Gasteiger charge is 2.50. The molecule has 2 atom stereocenters. The van der Waals surface area contributed by atoms with Crippen LogP contribution < -0.4 is 4.74 Å². The molecular formula is C21H24N2O5. The van der Waals surface area contributed by atoms with Gasteiger partial charge in [-0.05, 0) is 31.4 Å². The monoisotopic (exact) mass is 384 g/mol. The molecule has 1 aliphatic rings. The number of carboxylic acids is 1. The predicted molar refractivity (Wildman–Crippen MR) is 102 cm³/mol. The van der Waals surface area contributed by atoms with Crippen molar-refractivity contribution in [2.45, 2.75) is 25.9 Å². The van der Waals surface area contributed by atoms with Crippen molar-refractivity contribution in [1.29, 1.82) is 0 Å². The minimum atomic E-state index is -1.47. The Morgan fingerprint density at radius 3 is 2.68 bits per heavy atom. The van der Waals surface area contributed by atoms with Gasteiger partial charge in [0.1, 0.15) is 11.2 Å². The van der Waals surface area contributed by atoms with Crippen LogP contribution in [0, 0.1) is 12.3 Å². The number of nitrogens with zero attached hydrogens (tertiary/aromatic N) is 2. The van der Waals surface area contributed by atoms with E-state index < -0.39 is 17.5 Å². The number of amides is 1. The van der Waals surface area contributed by atoms with Crippen molar-refractivity contribution in [3.63, 3.8) is 0 Å². The minimum Gasteiger partial charge on any atom is -0.494 e. The molecule has 1 aromatic carbocycles. The number of aliphatic hydroxyl groups is 1. The number of methoxy groups -OCH3 is 1. The summed E-state index contributed by atoms with van der Waals surface area (Å²) in [5.74, 6) is -1.10. The molecule has 0 spiro atoms. The molecule has 1 fully saturated rings. The van der Waals surface area contributed by atoms with E-state index >= 15 is 0 Å². The van der Waals surface area contributed by atoms with Gasteiger partial charge in [0.25, 0.3) is 5.91 Å². The molecule has 0 saturated carbocycles. The van der Waals surface area contributed by atoms with Crippen molar-refractivity contribution in [2.24, 2.45) is 5.41 Å². The van der Waals surface area contributed by atoms with E-state index in [2.05, 4.69) is 4.98 Å². The zero-order valence-electron chi connectivity index (χ0n) is 16.0. The minimum absolute atomic E-state index is 0.0816. The number of carboxylic acid groups (broad SMARTS) is 1. The number of benzene rings is 1. The summed E-state index contributed by atoms with van der Waals surface area (Å²) in [6.45, 7) is 1.96. The maximum Gasteiger partial charge on any atom is 0.314 e. The van der Waals surface area contributed by atoms with Crippen molar-refractivity contribution < 1.29 is 24.5 Å². The lowest BCUT2D eigenvalue weighted by molar-refractivity contribution is -0.161. The van der Waals surface area contributed by atoms with E-state index in [4.69, 9.17) is 4.74 Å². The standard InChI is InChI=1S/C21H24N2O5/c1-14-10-16(17(28-2)12-22-14)19(25)23-9-8-18(24)21(13-23,20(26)27)11-15-6-4-3-5-7-15/h3-7,10,12,18,24H,8-9,11,13H2,1-2H3,(H,26,27)/t18-,21-/m1/s1. The Kier molecular flexibility index (Phi) is 5.65. The highest BCUT2D eigenvalue weighted by Crippen LogP contribution is 2.36. The first-order valence-electron chi connectivity index (χ1n) is 9.12. The van der Waals surface area contributed by atoms with Gasteiger partial charge in [0.15, 0.2) is 0 Å². The molecule has 2 N–H and O–H groups in total. The maximum atomic E-state index is 13.1. The predicted octanol–water partition coefficient (Wildman–Crippen LogP) is 1.92. The summed E-state index contributed by atoms with van der Waals surface area (Å²) in [6.07, 6.45) is 0.767. The van der Waals surface area contributed by atoms with Gasteiger partial charge in [-0.2, -0.15) is 0 Å². The molecule has 7 heteroatoms. The third kappa shape index (κ3) is 3.71. The SMILES string of the molecule is COc1cnc(C)cc1C(=O)N1CC[C@@H](O)[C@](Cc2ccccc2)(C(=O)O)C1. The number of likely N-dealkylation sites (tertiary alicyclic amines) is 1. The molecule has 3 rings (SSSR count). The summed E-state index contributed by atoms with van der Waals surface area (Å²) in [6, 6.07) is 10.8. The van der Waals surface area contributed by atoms with Gasteiger partial charge in [-0.15, -0.1) is 0 Å². The van der Waals surface area contributed by atoms with Crippen LogP contribution in [0.3, 0.4) is 0 Å². The molecule has 0 unspecified atom stereocenters. The number of aryl methyl sites for hydroxylation is 1. The van der Waals surface area contributed by atoms with Gasteiger partial charge >= 0.3 is 5.97 Å². The van der Waals surface area contributed by atoms with E-state index in [-0.39, 0.29) is 31.8 Å². The maximum absolute atomic E-state index is 13.1. The van der Waals surface area contributed by atoms with Crippen molar-refractivity contribution in [3.05, 3.63) is 59.4 Å². The zero-order valence-corrected chi connectivity index (χ0v) is 16.0. The molecule has 0 aliphatic carbocycles. The van der Waals surface area contributed by atoms with Crippen molar-refractivity contribution in [3.8, 4) is 5.75 Å². The fourth-order valence-corrected chi connectivity index (χ4v) is 3.72. The number of rotatable bonds is 5. The number of piperidine rings is 1. The molecule has 2 heterocycles. The lowest BCUT2D eigenvalue weighted by Gasteiger charge is -2.43. The number of hydrogen-bond acceptors (Lipinski definition) is 5. The smallest absolute Gasteiger partial charge is 0.314 e. The molecule has 0 radical (unpaired) electrons. The lowest BCUT2D eigenvalue weighted by Crippen LogP contribution is -2.58. The van der Waals surface area contributed by atoms with Gasteiger partial charge in [-0.1, -0.05) is 30.3 Å². The van der Waals surface area contributed by atoms with E-state index in [9.17, 15) is 19.8 Å². The largest absolute Gasteiger partial charge is 0.494 e. The Balaban J connectivity index is 1.93. The summed E-state index contributed by atoms with van der Waals surface area (Å²) in [5.41, 5.74) is 0.334. The number of pyridine rings is 1. The zero-order chi connectivity index (χ0) is 20.3. The quantitative estimate of drug-likeness (QED) is 0.817. The van der Waals surface area contributed by atoms with Crippen molar-refractivity contribution >= 4 is 11.9 Å². The van der Waals surface area contributed by atoms with Crippen LogP contribution in [-0.2, 0) is 11.2 Å². The first-order valence-corrected chi connectivity index (χ1v) is 9.12. The second-order valence-electron chi connectivity index (χ2n) is 7.18. The second-order valence-corrected chi connectivity index (χ2v) is 7.18. The molecule has 1 saturated heterocycles. The van der Waals surface area contributed by atoms with Gasteiger partial charge in [0, 0.05) is 18.8 Å². The Morgan fingerprint density at radius 2 is 2.04 bits per heavy atom. The Morgan fingerprint density at radius 1 is 1.32 bits per heavy atom. The molecule has 0 bridgehead atoms. The molecule has 1 aromatic heterocycles. The summed E-state index contributed by atoms with van der Waals surface area (Å²) in [5, 5.41) is 20.6. The number of aliphatic hydroxyl groups excluding tert-OH is 1. The molecule has 1 amide bonds. The van der Waals surface area contributed by atoms with Gasteiger partial charge < -0.3 is 19.8 Å². The van der Waals surface area contributed by atoms with E-state index in [1.807, 2.05) is 30.3 Å². The highest BCUT2D eigenvalue weighted by molar-refractivity contribution is 5.97. The Hall–Kier alpha value is -2.93. The van der Waals surface area contributed by atoms with Crippen molar-refractivity contribution in [2.75, 3.05) is 20.2 Å². The number of aliphatic carboxylic acids is 1. The van der Waals surface area contributed by atoms with Crippen LogP contribution in [-0.4, -0.2) is 58.3 Å². The molecule has 2 aromatic rings.